The summed E-state index contributed by atoms with van der Waals surface area (Å²) >= 11 is 0. The summed E-state index contributed by atoms with van der Waals surface area (Å²) < 4.78 is 29.6. The van der Waals surface area contributed by atoms with Crippen molar-refractivity contribution in [2.24, 2.45) is 0 Å². The lowest BCUT2D eigenvalue weighted by molar-refractivity contribution is 0.0746. The highest BCUT2D eigenvalue weighted by atomic mass is 19.1. The molecule has 2 aromatic carbocycles. The third kappa shape index (κ3) is 4.67. The first kappa shape index (κ1) is 22.3. The second kappa shape index (κ2) is 9.72. The zero-order chi connectivity index (χ0) is 23.4. The van der Waals surface area contributed by atoms with Crippen molar-refractivity contribution in [3.63, 3.8) is 0 Å². The Morgan fingerprint density at radius 3 is 2.12 bits per heavy atom. The van der Waals surface area contributed by atoms with E-state index in [1.165, 1.54) is 12.1 Å². The number of carbonyl (C=O) groups excluding carboxylic acids is 1. The lowest BCUT2D eigenvalue weighted by Crippen LogP contribution is -2.49. The van der Waals surface area contributed by atoms with Crippen molar-refractivity contribution in [2.75, 3.05) is 52.4 Å². The number of carbonyl (C=O) groups is 1. The third-order valence-electron chi connectivity index (χ3n) is 5.57. The number of benzene rings is 2. The molecule has 2 heterocycles. The SMILES string of the molecule is COc1cc(-c2ccc(N3CCN(C(=O)c4cccc(F)c4)CC3)nn2)cc(OC)c1OC. The average molecular weight is 452 g/mol. The Bertz CT molecular complexity index is 1110. The monoisotopic (exact) mass is 452 g/mol. The molecule has 1 amide bonds. The van der Waals surface area contributed by atoms with E-state index in [0.29, 0.717) is 54.7 Å². The zero-order valence-electron chi connectivity index (χ0n) is 18.7. The molecular formula is C24H25FN4O4. The van der Waals surface area contributed by atoms with Crippen LogP contribution in [0.25, 0.3) is 11.3 Å². The van der Waals surface area contributed by atoms with E-state index >= 15 is 0 Å². The molecule has 1 aromatic heterocycles. The van der Waals surface area contributed by atoms with Crippen LogP contribution >= 0.6 is 0 Å². The van der Waals surface area contributed by atoms with Crippen LogP contribution in [-0.2, 0) is 0 Å². The van der Waals surface area contributed by atoms with Crippen molar-refractivity contribution in [3.05, 3.63) is 59.9 Å². The van der Waals surface area contributed by atoms with Gasteiger partial charge in [-0.25, -0.2) is 4.39 Å². The maximum atomic E-state index is 13.4. The molecule has 8 nitrogen and oxygen atoms in total. The molecule has 4 rings (SSSR count). The minimum atomic E-state index is -0.415. The number of ether oxygens (including phenoxy) is 3. The highest BCUT2D eigenvalue weighted by Crippen LogP contribution is 2.40. The molecule has 1 aliphatic heterocycles. The van der Waals surface area contributed by atoms with Crippen LogP contribution in [0.4, 0.5) is 10.2 Å². The van der Waals surface area contributed by atoms with Crippen molar-refractivity contribution in [1.29, 1.82) is 0 Å². The second-order valence-corrected chi connectivity index (χ2v) is 7.48. The van der Waals surface area contributed by atoms with E-state index < -0.39 is 5.82 Å². The molecule has 0 bridgehead atoms. The van der Waals surface area contributed by atoms with E-state index in [0.717, 1.165) is 11.4 Å². The molecule has 1 saturated heterocycles. The van der Waals surface area contributed by atoms with Gasteiger partial charge in [-0.1, -0.05) is 6.07 Å². The lowest BCUT2D eigenvalue weighted by atomic mass is 10.1. The molecule has 33 heavy (non-hydrogen) atoms. The maximum absolute atomic E-state index is 13.4. The predicted molar refractivity (Wildman–Crippen MR) is 122 cm³/mol. The van der Waals surface area contributed by atoms with Gasteiger partial charge >= 0.3 is 0 Å². The van der Waals surface area contributed by atoms with Crippen molar-refractivity contribution >= 4 is 11.7 Å². The van der Waals surface area contributed by atoms with Crippen molar-refractivity contribution in [3.8, 4) is 28.5 Å². The molecule has 0 spiro atoms. The van der Waals surface area contributed by atoms with Crippen LogP contribution in [-0.4, -0.2) is 68.5 Å². The van der Waals surface area contributed by atoms with E-state index in [-0.39, 0.29) is 5.91 Å². The quantitative estimate of drug-likeness (QED) is 0.568. The Morgan fingerprint density at radius 2 is 1.58 bits per heavy atom. The van der Waals surface area contributed by atoms with E-state index in [9.17, 15) is 9.18 Å². The Balaban J connectivity index is 1.45. The zero-order valence-corrected chi connectivity index (χ0v) is 18.7. The van der Waals surface area contributed by atoms with E-state index in [4.69, 9.17) is 14.2 Å². The van der Waals surface area contributed by atoms with Gasteiger partial charge in [0.1, 0.15) is 5.82 Å². The van der Waals surface area contributed by atoms with Crippen LogP contribution in [0, 0.1) is 5.82 Å². The molecule has 1 fully saturated rings. The summed E-state index contributed by atoms with van der Waals surface area (Å²) in [6, 6.07) is 13.2. The predicted octanol–water partition coefficient (Wildman–Crippen LogP) is 3.27. The average Bonchev–Trinajstić information content (AvgIpc) is 2.87. The van der Waals surface area contributed by atoms with Gasteiger partial charge in [-0.3, -0.25) is 4.79 Å². The van der Waals surface area contributed by atoms with E-state index in [1.807, 2.05) is 24.3 Å². The Hall–Kier alpha value is -3.88. The highest BCUT2D eigenvalue weighted by Gasteiger charge is 2.23. The largest absolute Gasteiger partial charge is 0.493 e. The summed E-state index contributed by atoms with van der Waals surface area (Å²) in [6.07, 6.45) is 0. The molecule has 3 aromatic rings. The second-order valence-electron chi connectivity index (χ2n) is 7.48. The molecule has 0 aliphatic carbocycles. The van der Waals surface area contributed by atoms with Gasteiger partial charge in [0.15, 0.2) is 17.3 Å². The number of piperazine rings is 1. The summed E-state index contributed by atoms with van der Waals surface area (Å²) in [6.45, 7) is 2.26. The van der Waals surface area contributed by atoms with E-state index in [1.54, 1.807) is 38.4 Å². The van der Waals surface area contributed by atoms with E-state index in [2.05, 4.69) is 15.1 Å². The highest BCUT2D eigenvalue weighted by molar-refractivity contribution is 5.94. The molecule has 0 radical (unpaired) electrons. The first-order chi connectivity index (χ1) is 16.0. The number of methoxy groups -OCH3 is 3. The van der Waals surface area contributed by atoms with Crippen molar-refractivity contribution < 1.29 is 23.4 Å². The number of nitrogens with zero attached hydrogens (tertiary/aromatic N) is 4. The Kier molecular flexibility index (Phi) is 6.58. The Morgan fingerprint density at radius 1 is 0.879 bits per heavy atom. The number of rotatable bonds is 6. The smallest absolute Gasteiger partial charge is 0.254 e. The summed E-state index contributed by atoms with van der Waals surface area (Å²) in [5.41, 5.74) is 1.81. The maximum Gasteiger partial charge on any atom is 0.254 e. The van der Waals surface area contributed by atoms with Gasteiger partial charge in [-0.15, -0.1) is 10.2 Å². The minimum Gasteiger partial charge on any atom is -0.493 e. The first-order valence-corrected chi connectivity index (χ1v) is 10.5. The number of hydrogen-bond donors (Lipinski definition) is 0. The van der Waals surface area contributed by atoms with Crippen LogP contribution < -0.4 is 19.1 Å². The molecule has 1 aliphatic rings. The number of anilines is 1. The fourth-order valence-electron chi connectivity index (χ4n) is 3.82. The summed E-state index contributed by atoms with van der Waals surface area (Å²) in [7, 11) is 4.68. The summed E-state index contributed by atoms with van der Waals surface area (Å²) in [5, 5.41) is 8.76. The molecule has 0 saturated carbocycles. The molecule has 0 atom stereocenters. The van der Waals surface area contributed by atoms with Gasteiger partial charge in [0.05, 0.1) is 27.0 Å². The van der Waals surface area contributed by atoms with Crippen LogP contribution in [0.2, 0.25) is 0 Å². The topological polar surface area (TPSA) is 77.0 Å². The number of amides is 1. The van der Waals surface area contributed by atoms with Gasteiger partial charge in [0.25, 0.3) is 5.91 Å². The third-order valence-corrected chi connectivity index (χ3v) is 5.57. The molecule has 9 heteroatoms. The van der Waals surface area contributed by atoms with Gasteiger partial charge in [0, 0.05) is 37.3 Å². The van der Waals surface area contributed by atoms with Gasteiger partial charge in [-0.2, -0.15) is 0 Å². The number of aromatic nitrogens is 2. The summed E-state index contributed by atoms with van der Waals surface area (Å²) in [5.74, 6) is 1.73. The fourth-order valence-corrected chi connectivity index (χ4v) is 3.82. The molecule has 0 unspecified atom stereocenters. The molecule has 0 N–H and O–H groups in total. The van der Waals surface area contributed by atoms with Gasteiger partial charge < -0.3 is 24.0 Å². The normalized spacial score (nSPS) is 13.6. The lowest BCUT2D eigenvalue weighted by Gasteiger charge is -2.35. The number of halogens is 1. The van der Waals surface area contributed by atoms with Gasteiger partial charge in [-0.05, 0) is 42.5 Å². The molecule has 172 valence electrons. The standard InChI is InChI=1S/C24H25FN4O4/c1-31-20-14-17(15-21(32-2)23(20)33-3)19-7-8-22(27-26-19)28-9-11-29(12-10-28)24(30)16-5-4-6-18(25)13-16/h4-8,13-15H,9-12H2,1-3H3. The number of hydrogen-bond acceptors (Lipinski definition) is 7. The van der Waals surface area contributed by atoms with Gasteiger partial charge in [0.2, 0.25) is 5.75 Å². The van der Waals surface area contributed by atoms with Crippen LogP contribution in [0.1, 0.15) is 10.4 Å². The van der Waals surface area contributed by atoms with Crippen LogP contribution in [0.3, 0.4) is 0 Å². The Labute approximate surface area is 191 Å². The molecular weight excluding hydrogens is 427 g/mol. The van der Waals surface area contributed by atoms with Crippen LogP contribution in [0.5, 0.6) is 17.2 Å². The van der Waals surface area contributed by atoms with Crippen molar-refractivity contribution in [1.82, 2.24) is 15.1 Å². The minimum absolute atomic E-state index is 0.169. The summed E-state index contributed by atoms with van der Waals surface area (Å²) in [4.78, 5) is 16.4. The van der Waals surface area contributed by atoms with Crippen molar-refractivity contribution in [2.45, 2.75) is 0 Å². The van der Waals surface area contributed by atoms with Crippen LogP contribution in [0.15, 0.2) is 48.5 Å². The first-order valence-electron chi connectivity index (χ1n) is 10.5. The fraction of sp³-hybridized carbons (Fsp3) is 0.292.